The van der Waals surface area contributed by atoms with E-state index < -0.39 is 0 Å². The number of aldehydes is 1. The monoisotopic (exact) mass is 170 g/mol. The molecule has 0 rings (SSSR count). The third kappa shape index (κ3) is 3.89. The lowest BCUT2D eigenvalue weighted by atomic mass is 9.76. The Morgan fingerprint density at radius 3 is 2.08 bits per heavy atom. The molecule has 12 heavy (non-hydrogen) atoms. The highest BCUT2D eigenvalue weighted by Crippen LogP contribution is 2.32. The van der Waals surface area contributed by atoms with Gasteiger partial charge in [0.1, 0.15) is 6.29 Å². The molecule has 0 saturated carbocycles. The molecule has 1 atom stereocenters. The zero-order valence-electron chi connectivity index (χ0n) is 9.05. The van der Waals surface area contributed by atoms with Crippen molar-refractivity contribution in [2.45, 2.75) is 47.5 Å². The van der Waals surface area contributed by atoms with Crippen LogP contribution in [0.4, 0.5) is 0 Å². The zero-order valence-corrected chi connectivity index (χ0v) is 9.05. The van der Waals surface area contributed by atoms with E-state index >= 15 is 0 Å². The van der Waals surface area contributed by atoms with Crippen molar-refractivity contribution in [3.63, 3.8) is 0 Å². The summed E-state index contributed by atoms with van der Waals surface area (Å²) in [5.41, 5.74) is 0.372. The molecule has 0 amide bonds. The Bertz CT molecular complexity index is 136. The fraction of sp³-hybridized carbons (Fsp3) is 0.909. The molecule has 1 nitrogen and oxygen atoms in total. The first-order chi connectivity index (χ1) is 5.40. The van der Waals surface area contributed by atoms with Gasteiger partial charge < -0.3 is 4.79 Å². The van der Waals surface area contributed by atoms with Gasteiger partial charge in [0.25, 0.3) is 0 Å². The van der Waals surface area contributed by atoms with Crippen molar-refractivity contribution in [3.05, 3.63) is 0 Å². The van der Waals surface area contributed by atoms with Crippen LogP contribution in [0.15, 0.2) is 0 Å². The first-order valence-corrected chi connectivity index (χ1v) is 4.85. The summed E-state index contributed by atoms with van der Waals surface area (Å²) in [6.07, 6.45) is 3.22. The van der Waals surface area contributed by atoms with Crippen LogP contribution in [0.5, 0.6) is 0 Å². The normalized spacial score (nSPS) is 14.8. The number of rotatable bonds is 5. The molecule has 0 fully saturated rings. The first kappa shape index (κ1) is 11.7. The molecule has 0 spiro atoms. The molecule has 0 aliphatic rings. The lowest BCUT2D eigenvalue weighted by Gasteiger charge is -2.29. The molecule has 0 aliphatic heterocycles. The van der Waals surface area contributed by atoms with E-state index in [2.05, 4.69) is 27.7 Å². The molecule has 0 N–H and O–H groups in total. The Kier molecular flexibility index (Phi) is 4.51. The molecule has 0 bridgehead atoms. The Morgan fingerprint density at radius 1 is 1.25 bits per heavy atom. The molecule has 0 aromatic rings. The molecule has 0 radical (unpaired) electrons. The maximum atomic E-state index is 10.4. The van der Waals surface area contributed by atoms with E-state index in [1.165, 1.54) is 0 Å². The second kappa shape index (κ2) is 4.64. The number of hydrogen-bond donors (Lipinski definition) is 0. The summed E-state index contributed by atoms with van der Waals surface area (Å²) in [4.78, 5) is 10.4. The van der Waals surface area contributed by atoms with Gasteiger partial charge in [0.2, 0.25) is 0 Å². The van der Waals surface area contributed by atoms with E-state index in [0.29, 0.717) is 11.3 Å². The van der Waals surface area contributed by atoms with Crippen LogP contribution in [0.2, 0.25) is 0 Å². The molecule has 1 heteroatoms. The topological polar surface area (TPSA) is 17.1 Å². The van der Waals surface area contributed by atoms with Gasteiger partial charge in [0.15, 0.2) is 0 Å². The fourth-order valence-corrected chi connectivity index (χ4v) is 0.956. The van der Waals surface area contributed by atoms with Crippen molar-refractivity contribution in [2.24, 2.45) is 17.3 Å². The van der Waals surface area contributed by atoms with Gasteiger partial charge in [-0.05, 0) is 24.2 Å². The van der Waals surface area contributed by atoms with Crippen LogP contribution in [0.25, 0.3) is 0 Å². The van der Waals surface area contributed by atoms with Crippen LogP contribution >= 0.6 is 0 Å². The molecule has 0 heterocycles. The summed E-state index contributed by atoms with van der Waals surface area (Å²) in [6.45, 7) is 11.0. The second-order valence-corrected chi connectivity index (χ2v) is 4.80. The van der Waals surface area contributed by atoms with E-state index in [1.807, 2.05) is 6.92 Å². The molecular formula is C11H22O. The summed E-state index contributed by atoms with van der Waals surface area (Å²) in [6, 6.07) is 0. The van der Waals surface area contributed by atoms with Crippen LogP contribution in [-0.4, -0.2) is 6.29 Å². The quantitative estimate of drug-likeness (QED) is 0.579. The fourth-order valence-electron chi connectivity index (χ4n) is 0.956. The molecular weight excluding hydrogens is 148 g/mol. The summed E-state index contributed by atoms with van der Waals surface area (Å²) >= 11 is 0. The van der Waals surface area contributed by atoms with Gasteiger partial charge in [-0.2, -0.15) is 0 Å². The predicted molar refractivity (Wildman–Crippen MR) is 53.1 cm³/mol. The first-order valence-electron chi connectivity index (χ1n) is 4.85. The van der Waals surface area contributed by atoms with Gasteiger partial charge in [-0.3, -0.25) is 0 Å². The lowest BCUT2D eigenvalue weighted by Crippen LogP contribution is -2.20. The zero-order chi connectivity index (χ0) is 9.78. The maximum Gasteiger partial charge on any atom is 0.122 e. The minimum absolute atomic E-state index is 0.225. The van der Waals surface area contributed by atoms with Crippen molar-refractivity contribution in [1.29, 1.82) is 0 Å². The van der Waals surface area contributed by atoms with E-state index in [9.17, 15) is 4.79 Å². The van der Waals surface area contributed by atoms with Gasteiger partial charge in [-0.15, -0.1) is 0 Å². The van der Waals surface area contributed by atoms with Gasteiger partial charge in [-0.25, -0.2) is 0 Å². The van der Waals surface area contributed by atoms with Crippen molar-refractivity contribution in [3.8, 4) is 0 Å². The molecule has 1 unspecified atom stereocenters. The summed E-state index contributed by atoms with van der Waals surface area (Å²) in [5.74, 6) is 0.916. The van der Waals surface area contributed by atoms with Gasteiger partial charge in [0.05, 0.1) is 0 Å². The maximum absolute atomic E-state index is 10.4. The lowest BCUT2D eigenvalue weighted by molar-refractivity contribution is -0.111. The minimum atomic E-state index is 0.225. The Balaban J connectivity index is 3.83. The summed E-state index contributed by atoms with van der Waals surface area (Å²) in [7, 11) is 0. The third-order valence-electron chi connectivity index (χ3n) is 3.04. The second-order valence-electron chi connectivity index (χ2n) is 4.80. The Labute approximate surface area is 76.6 Å². The molecule has 0 aliphatic carbocycles. The van der Waals surface area contributed by atoms with E-state index in [4.69, 9.17) is 0 Å². The van der Waals surface area contributed by atoms with Crippen molar-refractivity contribution in [1.82, 2.24) is 0 Å². The number of hydrogen-bond acceptors (Lipinski definition) is 1. The molecule has 0 aromatic heterocycles. The highest BCUT2D eigenvalue weighted by Gasteiger charge is 2.22. The van der Waals surface area contributed by atoms with E-state index in [0.717, 1.165) is 19.1 Å². The van der Waals surface area contributed by atoms with Gasteiger partial charge in [0, 0.05) is 5.92 Å². The standard InChI is InChI=1S/C11H22O/c1-9(2)11(4,5)7-6-10(3)8-12/h8-10H,6-7H2,1-5H3. The van der Waals surface area contributed by atoms with Crippen molar-refractivity contribution < 1.29 is 4.79 Å². The van der Waals surface area contributed by atoms with Gasteiger partial charge in [-0.1, -0.05) is 34.6 Å². The van der Waals surface area contributed by atoms with Crippen molar-refractivity contribution >= 4 is 6.29 Å². The van der Waals surface area contributed by atoms with Crippen LogP contribution in [0.3, 0.4) is 0 Å². The van der Waals surface area contributed by atoms with Crippen LogP contribution in [0, 0.1) is 17.3 Å². The Morgan fingerprint density at radius 2 is 1.75 bits per heavy atom. The number of carbonyl (C=O) groups is 1. The smallest absolute Gasteiger partial charge is 0.122 e. The van der Waals surface area contributed by atoms with E-state index in [-0.39, 0.29) is 5.92 Å². The van der Waals surface area contributed by atoms with Crippen LogP contribution in [-0.2, 0) is 4.79 Å². The number of carbonyl (C=O) groups excluding carboxylic acids is 1. The largest absolute Gasteiger partial charge is 0.303 e. The third-order valence-corrected chi connectivity index (χ3v) is 3.04. The SMILES string of the molecule is CC(C=O)CCC(C)(C)C(C)C. The van der Waals surface area contributed by atoms with Crippen LogP contribution < -0.4 is 0 Å². The van der Waals surface area contributed by atoms with Crippen LogP contribution in [0.1, 0.15) is 47.5 Å². The van der Waals surface area contributed by atoms with Gasteiger partial charge >= 0.3 is 0 Å². The van der Waals surface area contributed by atoms with Crippen molar-refractivity contribution in [2.75, 3.05) is 0 Å². The predicted octanol–water partition coefficient (Wildman–Crippen LogP) is 3.28. The molecule has 0 saturated heterocycles. The summed E-state index contributed by atoms with van der Waals surface area (Å²) < 4.78 is 0. The Hall–Kier alpha value is -0.330. The van der Waals surface area contributed by atoms with E-state index in [1.54, 1.807) is 0 Å². The highest BCUT2D eigenvalue weighted by atomic mass is 16.1. The molecule has 72 valence electrons. The highest BCUT2D eigenvalue weighted by molar-refractivity contribution is 5.52. The average molecular weight is 170 g/mol. The molecule has 0 aromatic carbocycles. The summed E-state index contributed by atoms with van der Waals surface area (Å²) in [5, 5.41) is 0. The minimum Gasteiger partial charge on any atom is -0.303 e. The average Bonchev–Trinajstić information content (AvgIpc) is 2.00.